The molecule has 0 bridgehead atoms. The van der Waals surface area contributed by atoms with Gasteiger partial charge in [-0.3, -0.25) is 14.6 Å². The lowest BCUT2D eigenvalue weighted by molar-refractivity contribution is -0.117. The number of carbonyl (C=O) groups excluding carboxylic acids is 1. The fourth-order valence-corrected chi connectivity index (χ4v) is 3.82. The van der Waals surface area contributed by atoms with Gasteiger partial charge in [-0.25, -0.2) is 0 Å². The maximum absolute atomic E-state index is 12.3. The molecule has 138 valence electrons. The third kappa shape index (κ3) is 5.53. The number of hydrogen-bond donors (Lipinski definition) is 1. The zero-order valence-corrected chi connectivity index (χ0v) is 15.6. The Bertz CT molecular complexity index is 576. The third-order valence-corrected chi connectivity index (χ3v) is 5.35. The minimum Gasteiger partial charge on any atom is -0.379 e. The topological polar surface area (TPSA) is 44.8 Å². The molecule has 0 radical (unpaired) electrons. The van der Waals surface area contributed by atoms with Gasteiger partial charge in [0.2, 0.25) is 5.91 Å². The van der Waals surface area contributed by atoms with Gasteiger partial charge in [0.1, 0.15) is 0 Å². The lowest BCUT2D eigenvalue weighted by Crippen LogP contribution is -2.44. The van der Waals surface area contributed by atoms with Crippen LogP contribution >= 0.6 is 0 Å². The average Bonchev–Trinajstić information content (AvgIpc) is 2.60. The number of rotatable bonds is 5. The molecule has 0 unspecified atom stereocenters. The highest BCUT2D eigenvalue weighted by Crippen LogP contribution is 2.20. The molecule has 0 saturated carbocycles. The maximum atomic E-state index is 12.3. The van der Waals surface area contributed by atoms with Crippen LogP contribution in [0.3, 0.4) is 0 Å². The van der Waals surface area contributed by atoms with E-state index >= 15 is 0 Å². The summed E-state index contributed by atoms with van der Waals surface area (Å²) < 4.78 is 5.42. The van der Waals surface area contributed by atoms with Crippen LogP contribution in [0.5, 0.6) is 0 Å². The van der Waals surface area contributed by atoms with Crippen molar-refractivity contribution in [1.82, 2.24) is 9.80 Å². The van der Waals surface area contributed by atoms with E-state index in [0.717, 1.165) is 56.6 Å². The van der Waals surface area contributed by atoms with E-state index in [2.05, 4.69) is 28.1 Å². The van der Waals surface area contributed by atoms with E-state index in [4.69, 9.17) is 4.74 Å². The molecule has 5 nitrogen and oxygen atoms in total. The third-order valence-electron chi connectivity index (χ3n) is 5.35. The van der Waals surface area contributed by atoms with Crippen LogP contribution in [-0.4, -0.2) is 68.2 Å². The molecule has 5 heteroatoms. The van der Waals surface area contributed by atoms with Gasteiger partial charge in [-0.05, 0) is 57.3 Å². The van der Waals surface area contributed by atoms with E-state index in [9.17, 15) is 4.79 Å². The van der Waals surface area contributed by atoms with Crippen molar-refractivity contribution in [3.8, 4) is 0 Å². The molecule has 2 aliphatic heterocycles. The molecule has 2 aliphatic rings. The number of ether oxygens (including phenoxy) is 1. The lowest BCUT2D eigenvalue weighted by Gasteiger charge is -2.35. The zero-order chi connectivity index (χ0) is 17.6. The number of anilines is 1. The Kier molecular flexibility index (Phi) is 6.45. The first-order valence-corrected chi connectivity index (χ1v) is 9.50. The summed E-state index contributed by atoms with van der Waals surface area (Å²) in [4.78, 5) is 17.2. The number of benzene rings is 1. The van der Waals surface area contributed by atoms with Crippen molar-refractivity contribution in [2.75, 3.05) is 57.8 Å². The minimum absolute atomic E-state index is 0.0959. The van der Waals surface area contributed by atoms with Gasteiger partial charge < -0.3 is 10.1 Å². The van der Waals surface area contributed by atoms with Crippen LogP contribution in [0.1, 0.15) is 24.0 Å². The van der Waals surface area contributed by atoms with Gasteiger partial charge >= 0.3 is 0 Å². The summed E-state index contributed by atoms with van der Waals surface area (Å²) in [5.41, 5.74) is 3.27. The molecular formula is C20H31N3O2. The number of carbonyl (C=O) groups is 1. The SMILES string of the molecule is Cc1ccc(NC(=O)CN2CCC(CN3CCOCC3)CC2)c(C)c1. The van der Waals surface area contributed by atoms with Crippen LogP contribution in [0.15, 0.2) is 18.2 Å². The fraction of sp³-hybridized carbons (Fsp3) is 0.650. The largest absolute Gasteiger partial charge is 0.379 e. The van der Waals surface area contributed by atoms with Crippen LogP contribution in [0.25, 0.3) is 0 Å². The summed E-state index contributed by atoms with van der Waals surface area (Å²) in [7, 11) is 0. The van der Waals surface area contributed by atoms with Crippen LogP contribution in [0, 0.1) is 19.8 Å². The molecule has 1 aromatic carbocycles. The molecule has 2 heterocycles. The number of amides is 1. The molecule has 0 atom stereocenters. The Morgan fingerprint density at radius 1 is 1.12 bits per heavy atom. The summed E-state index contributed by atoms with van der Waals surface area (Å²) in [5.74, 6) is 0.857. The number of piperidine rings is 1. The fourth-order valence-electron chi connectivity index (χ4n) is 3.82. The second kappa shape index (κ2) is 8.79. The van der Waals surface area contributed by atoms with E-state index in [0.29, 0.717) is 6.54 Å². The highest BCUT2D eigenvalue weighted by atomic mass is 16.5. The monoisotopic (exact) mass is 345 g/mol. The number of nitrogens with zero attached hydrogens (tertiary/aromatic N) is 2. The molecule has 25 heavy (non-hydrogen) atoms. The first kappa shape index (κ1) is 18.4. The Balaban J connectivity index is 1.40. The first-order chi connectivity index (χ1) is 12.1. The molecule has 1 amide bonds. The van der Waals surface area contributed by atoms with Crippen molar-refractivity contribution < 1.29 is 9.53 Å². The smallest absolute Gasteiger partial charge is 0.238 e. The Labute approximate surface area is 151 Å². The van der Waals surface area contributed by atoms with Crippen LogP contribution in [0.4, 0.5) is 5.69 Å². The molecule has 2 fully saturated rings. The minimum atomic E-state index is 0.0959. The predicted octanol–water partition coefficient (Wildman–Crippen LogP) is 2.29. The molecular weight excluding hydrogens is 314 g/mol. The van der Waals surface area contributed by atoms with E-state index in [-0.39, 0.29) is 5.91 Å². The maximum Gasteiger partial charge on any atom is 0.238 e. The van der Waals surface area contributed by atoms with Crippen LogP contribution in [0.2, 0.25) is 0 Å². The van der Waals surface area contributed by atoms with E-state index in [1.165, 1.54) is 24.9 Å². The van der Waals surface area contributed by atoms with Gasteiger partial charge in [-0.1, -0.05) is 17.7 Å². The number of likely N-dealkylation sites (tertiary alicyclic amines) is 1. The predicted molar refractivity (Wildman–Crippen MR) is 101 cm³/mol. The number of morpholine rings is 1. The van der Waals surface area contributed by atoms with Gasteiger partial charge in [0, 0.05) is 25.3 Å². The zero-order valence-electron chi connectivity index (χ0n) is 15.6. The molecule has 3 rings (SSSR count). The van der Waals surface area contributed by atoms with Crippen molar-refractivity contribution in [3.63, 3.8) is 0 Å². The van der Waals surface area contributed by atoms with Gasteiger partial charge in [0.05, 0.1) is 19.8 Å². The summed E-state index contributed by atoms with van der Waals surface area (Å²) >= 11 is 0. The van der Waals surface area contributed by atoms with Gasteiger partial charge in [0.25, 0.3) is 0 Å². The summed E-state index contributed by atoms with van der Waals surface area (Å²) in [6.45, 7) is 11.7. The normalized spacial score (nSPS) is 20.6. The van der Waals surface area contributed by atoms with Crippen molar-refractivity contribution in [3.05, 3.63) is 29.3 Å². The molecule has 1 N–H and O–H groups in total. The van der Waals surface area contributed by atoms with Crippen molar-refractivity contribution in [2.24, 2.45) is 5.92 Å². The van der Waals surface area contributed by atoms with E-state index in [1.807, 2.05) is 19.1 Å². The Morgan fingerprint density at radius 2 is 1.84 bits per heavy atom. The number of hydrogen-bond acceptors (Lipinski definition) is 4. The van der Waals surface area contributed by atoms with Crippen molar-refractivity contribution >= 4 is 11.6 Å². The molecule has 0 spiro atoms. The van der Waals surface area contributed by atoms with Crippen LogP contribution < -0.4 is 5.32 Å². The first-order valence-electron chi connectivity index (χ1n) is 9.50. The number of nitrogens with one attached hydrogen (secondary N) is 1. The highest BCUT2D eigenvalue weighted by Gasteiger charge is 2.23. The highest BCUT2D eigenvalue weighted by molar-refractivity contribution is 5.93. The Morgan fingerprint density at radius 3 is 2.52 bits per heavy atom. The standard InChI is InChI=1S/C20H31N3O2/c1-16-3-4-19(17(2)13-16)21-20(24)15-22-7-5-18(6-8-22)14-23-9-11-25-12-10-23/h3-4,13,18H,5-12,14-15H2,1-2H3,(H,21,24). The van der Waals surface area contributed by atoms with Crippen molar-refractivity contribution in [1.29, 1.82) is 0 Å². The molecule has 0 aliphatic carbocycles. The second-order valence-electron chi connectivity index (χ2n) is 7.50. The van der Waals surface area contributed by atoms with Gasteiger partial charge in [0.15, 0.2) is 0 Å². The quantitative estimate of drug-likeness (QED) is 0.889. The molecule has 1 aromatic rings. The molecule has 0 aromatic heterocycles. The Hall–Kier alpha value is -1.43. The molecule has 2 saturated heterocycles. The van der Waals surface area contributed by atoms with E-state index in [1.54, 1.807) is 0 Å². The van der Waals surface area contributed by atoms with Crippen molar-refractivity contribution in [2.45, 2.75) is 26.7 Å². The summed E-state index contributed by atoms with van der Waals surface area (Å²) in [5, 5.41) is 3.06. The van der Waals surface area contributed by atoms with Gasteiger partial charge in [-0.15, -0.1) is 0 Å². The number of aryl methyl sites for hydroxylation is 2. The average molecular weight is 345 g/mol. The lowest BCUT2D eigenvalue weighted by atomic mass is 9.96. The summed E-state index contributed by atoms with van der Waals surface area (Å²) in [6, 6.07) is 6.14. The van der Waals surface area contributed by atoms with E-state index < -0.39 is 0 Å². The second-order valence-corrected chi connectivity index (χ2v) is 7.50. The summed E-state index contributed by atoms with van der Waals surface area (Å²) in [6.07, 6.45) is 2.38. The van der Waals surface area contributed by atoms with Gasteiger partial charge in [-0.2, -0.15) is 0 Å². The van der Waals surface area contributed by atoms with Crippen LogP contribution in [-0.2, 0) is 9.53 Å².